The molecule has 3 aromatic carbocycles. The lowest BCUT2D eigenvalue weighted by Crippen LogP contribution is -2.10. The number of ether oxygens (including phenoxy) is 1. The first-order chi connectivity index (χ1) is 14.5. The van der Waals surface area contributed by atoms with Crippen LogP contribution in [0.25, 0.3) is 5.70 Å². The summed E-state index contributed by atoms with van der Waals surface area (Å²) in [6.07, 6.45) is 3.16. The van der Waals surface area contributed by atoms with E-state index in [4.69, 9.17) is 9.57 Å². The van der Waals surface area contributed by atoms with Gasteiger partial charge in [0.25, 0.3) is 0 Å². The third-order valence-electron chi connectivity index (χ3n) is 4.52. The van der Waals surface area contributed by atoms with Gasteiger partial charge in [-0.3, -0.25) is 0 Å². The van der Waals surface area contributed by atoms with Crippen LogP contribution in [0, 0.1) is 20.8 Å². The number of aryl methyl sites for hydroxylation is 3. The molecule has 0 fully saturated rings. The number of hydrogen-bond acceptors (Lipinski definition) is 4. The lowest BCUT2D eigenvalue weighted by molar-refractivity contribution is 0.185. The Balaban J connectivity index is 1.74. The molecule has 4 nitrogen and oxygen atoms in total. The zero-order valence-electron chi connectivity index (χ0n) is 17.6. The highest BCUT2D eigenvalue weighted by molar-refractivity contribution is 5.91. The van der Waals surface area contributed by atoms with Crippen LogP contribution in [-0.4, -0.2) is 5.90 Å². The van der Waals surface area contributed by atoms with E-state index in [9.17, 15) is 0 Å². The van der Waals surface area contributed by atoms with E-state index in [1.54, 1.807) is 6.08 Å². The highest BCUT2D eigenvalue weighted by Gasteiger charge is 2.03. The highest BCUT2D eigenvalue weighted by atomic mass is 16.6. The van der Waals surface area contributed by atoms with Gasteiger partial charge in [-0.1, -0.05) is 55.1 Å². The second kappa shape index (κ2) is 10.1. The molecule has 0 atom stereocenters. The van der Waals surface area contributed by atoms with E-state index in [2.05, 4.69) is 30.9 Å². The predicted molar refractivity (Wildman–Crippen MR) is 124 cm³/mol. The van der Waals surface area contributed by atoms with E-state index >= 15 is 0 Å². The molecule has 0 aromatic heterocycles. The Kier molecular flexibility index (Phi) is 7.06. The fraction of sp³-hybridized carbons (Fsp3) is 0.115. The molecule has 152 valence electrons. The molecular formula is C26H26N2O2. The summed E-state index contributed by atoms with van der Waals surface area (Å²) in [5.41, 5.74) is 8.74. The van der Waals surface area contributed by atoms with Crippen molar-refractivity contribution in [3.8, 4) is 5.75 Å². The van der Waals surface area contributed by atoms with Crippen LogP contribution in [0.5, 0.6) is 5.75 Å². The van der Waals surface area contributed by atoms with Gasteiger partial charge in [0.05, 0.1) is 11.4 Å². The summed E-state index contributed by atoms with van der Waals surface area (Å²) in [5, 5.41) is 0. The minimum absolute atomic E-state index is 0.413. The normalized spacial score (nSPS) is 11.4. The standard InChI is InChI=1S/C26H26N2O2/c1-19-9-8-12-25(17-19)30-26(27-24-14-13-20(2)21(3)18-24)15-16-29-28-22(4)23-10-6-5-7-11-23/h5-18,28H,4H2,1-3H3. The third kappa shape index (κ3) is 6.11. The summed E-state index contributed by atoms with van der Waals surface area (Å²) < 4.78 is 5.99. The zero-order valence-corrected chi connectivity index (χ0v) is 17.6. The highest BCUT2D eigenvalue weighted by Crippen LogP contribution is 2.19. The monoisotopic (exact) mass is 398 g/mol. The molecule has 30 heavy (non-hydrogen) atoms. The second-order valence-corrected chi connectivity index (χ2v) is 7.00. The van der Waals surface area contributed by atoms with E-state index in [0.29, 0.717) is 17.3 Å². The maximum absolute atomic E-state index is 5.99. The SMILES string of the molecule is C=C(NOC=CC(=Nc1ccc(C)c(C)c1)Oc1cccc(C)c1)c1ccccc1. The number of benzene rings is 3. The quantitative estimate of drug-likeness (QED) is 0.216. The molecule has 1 N–H and O–H groups in total. The molecule has 0 spiro atoms. The maximum atomic E-state index is 5.99. The number of hydrogen-bond donors (Lipinski definition) is 1. The third-order valence-corrected chi connectivity index (χ3v) is 4.52. The lowest BCUT2D eigenvalue weighted by Gasteiger charge is -2.09. The first-order valence-corrected chi connectivity index (χ1v) is 9.74. The summed E-state index contributed by atoms with van der Waals surface area (Å²) >= 11 is 0. The van der Waals surface area contributed by atoms with Crippen molar-refractivity contribution in [3.05, 3.63) is 114 Å². The first-order valence-electron chi connectivity index (χ1n) is 9.74. The van der Waals surface area contributed by atoms with Crippen molar-refractivity contribution < 1.29 is 9.57 Å². The van der Waals surface area contributed by atoms with Crippen LogP contribution < -0.4 is 10.2 Å². The molecule has 0 aliphatic heterocycles. The van der Waals surface area contributed by atoms with Crippen LogP contribution in [0.2, 0.25) is 0 Å². The molecule has 0 saturated heterocycles. The molecule has 0 aliphatic rings. The van der Waals surface area contributed by atoms with Gasteiger partial charge >= 0.3 is 0 Å². The van der Waals surface area contributed by atoms with Gasteiger partial charge in [-0.25, -0.2) is 10.5 Å². The molecule has 0 saturated carbocycles. The van der Waals surface area contributed by atoms with Crippen LogP contribution in [0.3, 0.4) is 0 Å². The van der Waals surface area contributed by atoms with Gasteiger partial charge in [0.15, 0.2) is 0 Å². The summed E-state index contributed by atoms with van der Waals surface area (Å²) in [6.45, 7) is 10.1. The van der Waals surface area contributed by atoms with Gasteiger partial charge in [-0.05, 0) is 61.7 Å². The Bertz CT molecular complexity index is 1070. The molecule has 3 aromatic rings. The summed E-state index contributed by atoms with van der Waals surface area (Å²) in [5.74, 6) is 1.12. The first kappa shape index (κ1) is 20.9. The fourth-order valence-corrected chi connectivity index (χ4v) is 2.71. The number of aliphatic imine (C=N–C) groups is 1. The van der Waals surface area contributed by atoms with Crippen molar-refractivity contribution >= 4 is 17.3 Å². The van der Waals surface area contributed by atoms with Gasteiger partial charge in [-0.15, -0.1) is 0 Å². The Morgan fingerprint density at radius 3 is 2.43 bits per heavy atom. The lowest BCUT2D eigenvalue weighted by atomic mass is 10.1. The van der Waals surface area contributed by atoms with Crippen molar-refractivity contribution in [1.29, 1.82) is 0 Å². The van der Waals surface area contributed by atoms with Crippen molar-refractivity contribution in [2.24, 2.45) is 4.99 Å². The van der Waals surface area contributed by atoms with Crippen LogP contribution in [0.4, 0.5) is 5.69 Å². The Morgan fingerprint density at radius 1 is 0.900 bits per heavy atom. The topological polar surface area (TPSA) is 42.8 Å². The number of hydroxylamine groups is 1. The van der Waals surface area contributed by atoms with Crippen molar-refractivity contribution in [2.75, 3.05) is 0 Å². The fourth-order valence-electron chi connectivity index (χ4n) is 2.71. The number of nitrogens with zero attached hydrogens (tertiary/aromatic N) is 1. The Labute approximate surface area is 178 Å². The molecule has 0 heterocycles. The average molecular weight is 399 g/mol. The van der Waals surface area contributed by atoms with Crippen LogP contribution in [0.15, 0.2) is 96.7 Å². The Hall–Kier alpha value is -3.79. The second-order valence-electron chi connectivity index (χ2n) is 7.00. The zero-order chi connectivity index (χ0) is 21.3. The molecule has 0 bridgehead atoms. The summed E-state index contributed by atoms with van der Waals surface area (Å²) in [6, 6.07) is 23.6. The maximum Gasteiger partial charge on any atom is 0.222 e. The number of nitrogens with one attached hydrogen (secondary N) is 1. The van der Waals surface area contributed by atoms with Gasteiger partial charge < -0.3 is 9.57 Å². The Morgan fingerprint density at radius 2 is 1.70 bits per heavy atom. The molecule has 0 amide bonds. The van der Waals surface area contributed by atoms with Crippen LogP contribution >= 0.6 is 0 Å². The van der Waals surface area contributed by atoms with E-state index < -0.39 is 0 Å². The minimum atomic E-state index is 0.413. The number of rotatable bonds is 7. The minimum Gasteiger partial charge on any atom is -0.439 e. The van der Waals surface area contributed by atoms with Crippen molar-refractivity contribution in [2.45, 2.75) is 20.8 Å². The molecule has 0 radical (unpaired) electrons. The van der Waals surface area contributed by atoms with Gasteiger partial charge in [0.2, 0.25) is 5.90 Å². The van der Waals surface area contributed by atoms with Crippen molar-refractivity contribution in [1.82, 2.24) is 5.48 Å². The molecular weight excluding hydrogens is 372 g/mol. The van der Waals surface area contributed by atoms with E-state index in [0.717, 1.165) is 16.8 Å². The van der Waals surface area contributed by atoms with Gasteiger partial charge in [0.1, 0.15) is 12.0 Å². The summed E-state index contributed by atoms with van der Waals surface area (Å²) in [4.78, 5) is 10.1. The van der Waals surface area contributed by atoms with Crippen LogP contribution in [0.1, 0.15) is 22.3 Å². The van der Waals surface area contributed by atoms with E-state index in [-0.39, 0.29) is 0 Å². The predicted octanol–water partition coefficient (Wildman–Crippen LogP) is 6.43. The molecule has 0 aliphatic carbocycles. The van der Waals surface area contributed by atoms with E-state index in [1.807, 2.05) is 79.7 Å². The van der Waals surface area contributed by atoms with E-state index in [1.165, 1.54) is 17.4 Å². The largest absolute Gasteiger partial charge is 0.439 e. The molecule has 4 heteroatoms. The average Bonchev–Trinajstić information content (AvgIpc) is 2.74. The molecule has 3 rings (SSSR count). The molecule has 0 unspecified atom stereocenters. The van der Waals surface area contributed by atoms with Gasteiger partial charge in [0, 0.05) is 11.6 Å². The smallest absolute Gasteiger partial charge is 0.222 e. The summed E-state index contributed by atoms with van der Waals surface area (Å²) in [7, 11) is 0. The van der Waals surface area contributed by atoms with Gasteiger partial charge in [-0.2, -0.15) is 0 Å². The van der Waals surface area contributed by atoms with Crippen LogP contribution in [-0.2, 0) is 4.84 Å². The van der Waals surface area contributed by atoms with Crippen molar-refractivity contribution in [3.63, 3.8) is 0 Å².